The first kappa shape index (κ1) is 15.2. The number of H-pyrrole nitrogens is 1. The third kappa shape index (κ3) is 2.23. The van der Waals surface area contributed by atoms with Crippen LogP contribution in [-0.4, -0.2) is 22.1 Å². The molecule has 1 aliphatic heterocycles. The molecule has 4 nitrogen and oxygen atoms in total. The van der Waals surface area contributed by atoms with Gasteiger partial charge in [0.05, 0.1) is 6.04 Å². The molecule has 0 aliphatic carbocycles. The van der Waals surface area contributed by atoms with Crippen molar-refractivity contribution in [2.24, 2.45) is 0 Å². The van der Waals surface area contributed by atoms with E-state index in [1.807, 2.05) is 36.4 Å². The van der Waals surface area contributed by atoms with Crippen molar-refractivity contribution in [1.29, 1.82) is 0 Å². The Balaban J connectivity index is 1.77. The van der Waals surface area contributed by atoms with Crippen molar-refractivity contribution in [3.8, 4) is 0 Å². The van der Waals surface area contributed by atoms with Gasteiger partial charge in [-0.05, 0) is 28.0 Å². The van der Waals surface area contributed by atoms with E-state index >= 15 is 0 Å². The summed E-state index contributed by atoms with van der Waals surface area (Å²) in [6, 6.07) is 21.8. The summed E-state index contributed by atoms with van der Waals surface area (Å²) in [5.41, 5.74) is 4.32. The summed E-state index contributed by atoms with van der Waals surface area (Å²) in [6.45, 7) is 0. The van der Waals surface area contributed by atoms with E-state index in [1.54, 1.807) is 0 Å². The fourth-order valence-electron chi connectivity index (χ4n) is 4.14. The van der Waals surface area contributed by atoms with Gasteiger partial charge in [-0.2, -0.15) is 0 Å². The van der Waals surface area contributed by atoms with Gasteiger partial charge in [-0.3, -0.25) is 10.1 Å². The number of nitrogens with one attached hydrogen (secondary N) is 2. The highest BCUT2D eigenvalue weighted by Crippen LogP contribution is 2.37. The standard InChI is InChI=1S/C22H18N2O2/c25-22(26)19-12-17-15-9-3-4-11-18(15)23-21(17)20(24-19)16-10-5-7-13-6-1-2-8-14(13)16/h1-11,19-20,23-24H,12H2,(H,25,26). The van der Waals surface area contributed by atoms with Crippen molar-refractivity contribution in [3.05, 3.63) is 83.6 Å². The molecule has 26 heavy (non-hydrogen) atoms. The van der Waals surface area contributed by atoms with Gasteiger partial charge in [-0.25, -0.2) is 0 Å². The molecule has 3 N–H and O–H groups in total. The Morgan fingerprint density at radius 1 is 0.923 bits per heavy atom. The Morgan fingerprint density at radius 2 is 1.65 bits per heavy atom. The number of aliphatic carboxylic acids is 1. The van der Waals surface area contributed by atoms with Crippen LogP contribution < -0.4 is 5.32 Å². The second-order valence-electron chi connectivity index (χ2n) is 6.83. The number of rotatable bonds is 2. The maximum absolute atomic E-state index is 11.8. The number of hydrogen-bond donors (Lipinski definition) is 3. The van der Waals surface area contributed by atoms with Gasteiger partial charge in [0, 0.05) is 23.0 Å². The minimum atomic E-state index is -0.814. The summed E-state index contributed by atoms with van der Waals surface area (Å²) in [5.74, 6) is -0.814. The quantitative estimate of drug-likeness (QED) is 0.516. The number of carbonyl (C=O) groups is 1. The van der Waals surface area contributed by atoms with Gasteiger partial charge in [0.2, 0.25) is 0 Å². The lowest BCUT2D eigenvalue weighted by atomic mass is 9.88. The molecule has 3 aromatic carbocycles. The van der Waals surface area contributed by atoms with Gasteiger partial charge in [0.15, 0.2) is 0 Å². The lowest BCUT2D eigenvalue weighted by Crippen LogP contribution is -2.45. The number of para-hydroxylation sites is 1. The van der Waals surface area contributed by atoms with Gasteiger partial charge < -0.3 is 10.1 Å². The molecule has 2 heterocycles. The van der Waals surface area contributed by atoms with Crippen molar-refractivity contribution in [2.45, 2.75) is 18.5 Å². The predicted octanol–water partition coefficient (Wildman–Crippen LogP) is 4.01. The molecule has 4 heteroatoms. The highest BCUT2D eigenvalue weighted by Gasteiger charge is 2.34. The van der Waals surface area contributed by atoms with E-state index in [-0.39, 0.29) is 6.04 Å². The van der Waals surface area contributed by atoms with E-state index in [0.717, 1.165) is 38.5 Å². The molecule has 0 saturated heterocycles. The molecule has 0 radical (unpaired) electrons. The summed E-state index contributed by atoms with van der Waals surface area (Å²) in [5, 5.41) is 16.4. The summed E-state index contributed by atoms with van der Waals surface area (Å²) >= 11 is 0. The van der Waals surface area contributed by atoms with Crippen LogP contribution in [0.3, 0.4) is 0 Å². The van der Waals surface area contributed by atoms with E-state index in [0.29, 0.717) is 6.42 Å². The van der Waals surface area contributed by atoms with Gasteiger partial charge in [-0.1, -0.05) is 60.7 Å². The molecule has 4 aromatic rings. The molecule has 1 aromatic heterocycles. The molecular formula is C22H18N2O2. The molecule has 0 saturated carbocycles. The van der Waals surface area contributed by atoms with Gasteiger partial charge in [0.25, 0.3) is 0 Å². The number of hydrogen-bond acceptors (Lipinski definition) is 2. The molecule has 0 spiro atoms. The summed E-state index contributed by atoms with van der Waals surface area (Å²) in [7, 11) is 0. The maximum Gasteiger partial charge on any atom is 0.321 e. The SMILES string of the molecule is O=C(O)C1Cc2c([nH]c3ccccc23)C(c2cccc3ccccc23)N1. The van der Waals surface area contributed by atoms with Crippen molar-refractivity contribution in [2.75, 3.05) is 0 Å². The number of carboxylic acid groups (broad SMARTS) is 1. The molecule has 1 aliphatic rings. The minimum Gasteiger partial charge on any atom is -0.480 e. The first-order chi connectivity index (χ1) is 12.7. The number of aromatic amines is 1. The lowest BCUT2D eigenvalue weighted by Gasteiger charge is -2.30. The monoisotopic (exact) mass is 342 g/mol. The minimum absolute atomic E-state index is 0.182. The molecule has 2 unspecified atom stereocenters. The third-order valence-electron chi connectivity index (χ3n) is 5.34. The summed E-state index contributed by atoms with van der Waals surface area (Å²) in [6.07, 6.45) is 0.482. The van der Waals surface area contributed by atoms with E-state index in [2.05, 4.69) is 40.6 Å². The highest BCUT2D eigenvalue weighted by molar-refractivity contribution is 5.90. The molecule has 128 valence electrons. The fourth-order valence-corrected chi connectivity index (χ4v) is 4.14. The van der Waals surface area contributed by atoms with Crippen LogP contribution in [0.15, 0.2) is 66.7 Å². The Kier molecular flexibility index (Phi) is 3.33. The summed E-state index contributed by atoms with van der Waals surface area (Å²) < 4.78 is 0. The van der Waals surface area contributed by atoms with Crippen LogP contribution in [0, 0.1) is 0 Å². The molecule has 0 fully saturated rings. The zero-order chi connectivity index (χ0) is 17.7. The topological polar surface area (TPSA) is 65.1 Å². The largest absolute Gasteiger partial charge is 0.480 e. The van der Waals surface area contributed by atoms with E-state index in [4.69, 9.17) is 0 Å². The lowest BCUT2D eigenvalue weighted by molar-refractivity contribution is -0.139. The predicted molar refractivity (Wildman–Crippen MR) is 102 cm³/mol. The van der Waals surface area contributed by atoms with Crippen molar-refractivity contribution < 1.29 is 9.90 Å². The first-order valence-corrected chi connectivity index (χ1v) is 8.78. The number of fused-ring (bicyclic) bond motifs is 4. The molecule has 0 amide bonds. The number of aromatic nitrogens is 1. The van der Waals surface area contributed by atoms with Crippen LogP contribution in [0.1, 0.15) is 22.9 Å². The van der Waals surface area contributed by atoms with Crippen molar-refractivity contribution in [1.82, 2.24) is 10.3 Å². The second kappa shape index (κ2) is 5.71. The van der Waals surface area contributed by atoms with Crippen LogP contribution >= 0.6 is 0 Å². The fraction of sp³-hybridized carbons (Fsp3) is 0.136. The van der Waals surface area contributed by atoms with Crippen molar-refractivity contribution in [3.63, 3.8) is 0 Å². The maximum atomic E-state index is 11.8. The van der Waals surface area contributed by atoms with E-state index in [1.165, 1.54) is 0 Å². The number of benzene rings is 3. The summed E-state index contributed by atoms with van der Waals surface area (Å²) in [4.78, 5) is 15.3. The Bertz CT molecular complexity index is 1140. The molecule has 5 rings (SSSR count). The number of carboxylic acids is 1. The molecule has 2 atom stereocenters. The Hall–Kier alpha value is -3.11. The first-order valence-electron chi connectivity index (χ1n) is 8.78. The third-order valence-corrected chi connectivity index (χ3v) is 5.34. The van der Waals surface area contributed by atoms with E-state index < -0.39 is 12.0 Å². The normalized spacial score (nSPS) is 19.5. The van der Waals surface area contributed by atoms with Gasteiger partial charge >= 0.3 is 5.97 Å². The Morgan fingerprint density at radius 3 is 2.50 bits per heavy atom. The Labute approximate surface area is 150 Å². The average molecular weight is 342 g/mol. The average Bonchev–Trinajstić information content (AvgIpc) is 3.05. The van der Waals surface area contributed by atoms with Crippen LogP contribution in [0.4, 0.5) is 0 Å². The highest BCUT2D eigenvalue weighted by atomic mass is 16.4. The van der Waals surface area contributed by atoms with Crippen LogP contribution in [-0.2, 0) is 11.2 Å². The smallest absolute Gasteiger partial charge is 0.321 e. The van der Waals surface area contributed by atoms with Gasteiger partial charge in [-0.15, -0.1) is 0 Å². The van der Waals surface area contributed by atoms with Crippen molar-refractivity contribution >= 4 is 27.6 Å². The second-order valence-corrected chi connectivity index (χ2v) is 6.83. The molecule has 0 bridgehead atoms. The van der Waals surface area contributed by atoms with Crippen LogP contribution in [0.5, 0.6) is 0 Å². The van der Waals surface area contributed by atoms with E-state index in [9.17, 15) is 9.90 Å². The zero-order valence-corrected chi connectivity index (χ0v) is 14.1. The van der Waals surface area contributed by atoms with Crippen LogP contribution in [0.25, 0.3) is 21.7 Å². The van der Waals surface area contributed by atoms with Crippen LogP contribution in [0.2, 0.25) is 0 Å². The zero-order valence-electron chi connectivity index (χ0n) is 14.1. The molecular weight excluding hydrogens is 324 g/mol. The van der Waals surface area contributed by atoms with Gasteiger partial charge in [0.1, 0.15) is 6.04 Å².